The number of halogens is 1. The Hall–Kier alpha value is -0.273. The van der Waals surface area contributed by atoms with Crippen molar-refractivity contribution in [1.29, 1.82) is 0 Å². The molecule has 0 amide bonds. The molecule has 3 radical (unpaired) electrons. The average Bonchev–Trinajstić information content (AvgIpc) is 2.04. The summed E-state index contributed by atoms with van der Waals surface area (Å²) < 4.78 is 0. The van der Waals surface area contributed by atoms with Crippen molar-refractivity contribution in [1.82, 2.24) is 0 Å². The lowest BCUT2D eigenvalue weighted by atomic mass is 10.1. The Kier molecular flexibility index (Phi) is 3.15. The third kappa shape index (κ3) is 2.08. The van der Waals surface area contributed by atoms with Gasteiger partial charge in [0.25, 0.3) is 0 Å². The van der Waals surface area contributed by atoms with Crippen LogP contribution in [0.5, 0.6) is 0 Å². The van der Waals surface area contributed by atoms with Crippen LogP contribution in [0.25, 0.3) is 0 Å². The summed E-state index contributed by atoms with van der Waals surface area (Å²) in [7, 11) is 3.60. The summed E-state index contributed by atoms with van der Waals surface area (Å²) in [6.07, 6.45) is 1.06. The smallest absolute Gasteiger partial charge is 0.0437 e. The molecule has 0 heterocycles. The molecule has 0 spiro atoms. The van der Waals surface area contributed by atoms with Crippen molar-refractivity contribution in [2.75, 3.05) is 0 Å². The number of hydrogen-bond donors (Lipinski definition) is 0. The van der Waals surface area contributed by atoms with Gasteiger partial charge in [0.2, 0.25) is 0 Å². The SMILES string of the molecule is CCC([Si])c1ccccc1Cl. The normalized spacial score (nSPS) is 13.0. The Labute approximate surface area is 76.0 Å². The van der Waals surface area contributed by atoms with Crippen LogP contribution in [0.15, 0.2) is 24.3 Å². The van der Waals surface area contributed by atoms with Crippen LogP contribution in [0.1, 0.15) is 24.4 Å². The van der Waals surface area contributed by atoms with Gasteiger partial charge in [-0.1, -0.05) is 43.1 Å². The van der Waals surface area contributed by atoms with E-state index in [-0.39, 0.29) is 0 Å². The molecular formula is C9H10ClSi. The second kappa shape index (κ2) is 3.93. The number of benzene rings is 1. The van der Waals surface area contributed by atoms with Crippen molar-refractivity contribution in [2.45, 2.75) is 18.9 Å². The summed E-state index contributed by atoms with van der Waals surface area (Å²) in [6.45, 7) is 2.13. The summed E-state index contributed by atoms with van der Waals surface area (Å²) in [5, 5.41) is 0.842. The van der Waals surface area contributed by atoms with E-state index < -0.39 is 0 Å². The zero-order chi connectivity index (χ0) is 8.27. The fraction of sp³-hybridized carbons (Fsp3) is 0.333. The molecule has 1 aromatic rings. The highest BCUT2D eigenvalue weighted by Crippen LogP contribution is 2.23. The molecular weight excluding hydrogens is 172 g/mol. The second-order valence-electron chi connectivity index (χ2n) is 2.48. The van der Waals surface area contributed by atoms with Gasteiger partial charge >= 0.3 is 0 Å². The van der Waals surface area contributed by atoms with Gasteiger partial charge in [-0.2, -0.15) is 0 Å². The molecule has 1 rings (SSSR count). The molecule has 0 bridgehead atoms. The van der Waals surface area contributed by atoms with Crippen molar-refractivity contribution in [3.63, 3.8) is 0 Å². The molecule has 1 atom stereocenters. The van der Waals surface area contributed by atoms with Crippen molar-refractivity contribution >= 4 is 21.8 Å². The van der Waals surface area contributed by atoms with E-state index >= 15 is 0 Å². The maximum atomic E-state index is 5.97. The van der Waals surface area contributed by atoms with Gasteiger partial charge < -0.3 is 0 Å². The molecule has 1 unspecified atom stereocenters. The van der Waals surface area contributed by atoms with E-state index in [1.54, 1.807) is 0 Å². The quantitative estimate of drug-likeness (QED) is 0.616. The molecule has 2 heteroatoms. The van der Waals surface area contributed by atoms with Gasteiger partial charge in [0, 0.05) is 15.3 Å². The number of rotatable bonds is 2. The predicted molar refractivity (Wildman–Crippen MR) is 50.2 cm³/mol. The molecule has 57 valence electrons. The maximum Gasteiger partial charge on any atom is 0.0437 e. The molecule has 0 aromatic heterocycles. The average molecular weight is 182 g/mol. The maximum absolute atomic E-state index is 5.97. The van der Waals surface area contributed by atoms with E-state index in [0.717, 1.165) is 11.4 Å². The minimum atomic E-state index is 0.378. The van der Waals surface area contributed by atoms with Crippen molar-refractivity contribution in [3.8, 4) is 0 Å². The minimum Gasteiger partial charge on any atom is -0.0840 e. The standard InChI is InChI=1S/C9H10ClSi/c1-2-9(11)7-5-3-4-6-8(7)10/h3-6,9H,2H2,1H3. The molecule has 1 aromatic carbocycles. The predicted octanol–water partition coefficient (Wildman–Crippen LogP) is 2.96. The van der Waals surface area contributed by atoms with Gasteiger partial charge in [0.05, 0.1) is 0 Å². The molecule has 0 fully saturated rings. The highest BCUT2D eigenvalue weighted by Gasteiger charge is 2.05. The molecule has 0 nitrogen and oxygen atoms in total. The molecule has 0 aliphatic rings. The third-order valence-corrected chi connectivity index (χ3v) is 2.75. The highest BCUT2D eigenvalue weighted by atomic mass is 35.5. The molecule has 0 aliphatic heterocycles. The van der Waals surface area contributed by atoms with Crippen LogP contribution in [-0.2, 0) is 0 Å². The summed E-state index contributed by atoms with van der Waals surface area (Å²) in [5.74, 6) is 0. The van der Waals surface area contributed by atoms with Gasteiger partial charge in [-0.25, -0.2) is 0 Å². The topological polar surface area (TPSA) is 0 Å². The molecule has 11 heavy (non-hydrogen) atoms. The van der Waals surface area contributed by atoms with Crippen LogP contribution < -0.4 is 0 Å². The third-order valence-electron chi connectivity index (χ3n) is 1.69. The first-order valence-electron chi connectivity index (χ1n) is 3.71. The Morgan fingerprint density at radius 3 is 2.64 bits per heavy atom. The van der Waals surface area contributed by atoms with Crippen LogP contribution in [0, 0.1) is 0 Å². The van der Waals surface area contributed by atoms with E-state index in [9.17, 15) is 0 Å². The van der Waals surface area contributed by atoms with Crippen LogP contribution in [0.3, 0.4) is 0 Å². The summed E-state index contributed by atoms with van der Waals surface area (Å²) >= 11 is 5.97. The van der Waals surface area contributed by atoms with E-state index in [4.69, 9.17) is 11.6 Å². The summed E-state index contributed by atoms with van der Waals surface area (Å²) in [4.78, 5) is 0. The lowest BCUT2D eigenvalue weighted by Gasteiger charge is -2.09. The fourth-order valence-electron chi connectivity index (χ4n) is 0.978. The fourth-order valence-corrected chi connectivity index (χ4v) is 1.59. The van der Waals surface area contributed by atoms with E-state index in [0.29, 0.717) is 5.54 Å². The van der Waals surface area contributed by atoms with Gasteiger partial charge in [-0.15, -0.1) is 0 Å². The van der Waals surface area contributed by atoms with E-state index in [1.807, 2.05) is 24.3 Å². The Balaban J connectivity index is 2.93. The summed E-state index contributed by atoms with van der Waals surface area (Å²) in [6, 6.07) is 7.91. The lowest BCUT2D eigenvalue weighted by molar-refractivity contribution is 0.882. The number of hydrogen-bond acceptors (Lipinski definition) is 0. The molecule has 0 saturated carbocycles. The Morgan fingerprint density at radius 1 is 1.45 bits per heavy atom. The van der Waals surface area contributed by atoms with Crippen LogP contribution >= 0.6 is 11.6 Å². The molecule has 0 aliphatic carbocycles. The lowest BCUT2D eigenvalue weighted by Crippen LogP contribution is -1.96. The molecule has 0 saturated heterocycles. The first-order chi connectivity index (χ1) is 5.25. The van der Waals surface area contributed by atoms with Crippen molar-refractivity contribution in [2.24, 2.45) is 0 Å². The minimum absolute atomic E-state index is 0.378. The van der Waals surface area contributed by atoms with E-state index in [1.165, 1.54) is 5.56 Å². The van der Waals surface area contributed by atoms with Crippen LogP contribution in [0.4, 0.5) is 0 Å². The zero-order valence-electron chi connectivity index (χ0n) is 6.47. The summed E-state index contributed by atoms with van der Waals surface area (Å²) in [5.41, 5.74) is 1.55. The van der Waals surface area contributed by atoms with Crippen LogP contribution in [-0.4, -0.2) is 10.2 Å². The largest absolute Gasteiger partial charge is 0.0840 e. The monoisotopic (exact) mass is 181 g/mol. The highest BCUT2D eigenvalue weighted by molar-refractivity contribution is 6.32. The van der Waals surface area contributed by atoms with Gasteiger partial charge in [0.15, 0.2) is 0 Å². The zero-order valence-corrected chi connectivity index (χ0v) is 8.23. The first kappa shape index (κ1) is 8.82. The van der Waals surface area contributed by atoms with Gasteiger partial charge in [-0.05, 0) is 17.2 Å². The molecule has 0 N–H and O–H groups in total. The van der Waals surface area contributed by atoms with Gasteiger partial charge in [-0.3, -0.25) is 0 Å². The van der Waals surface area contributed by atoms with E-state index in [2.05, 4.69) is 17.2 Å². The second-order valence-corrected chi connectivity index (χ2v) is 3.59. The first-order valence-corrected chi connectivity index (χ1v) is 4.66. The van der Waals surface area contributed by atoms with Crippen LogP contribution in [0.2, 0.25) is 5.02 Å². The van der Waals surface area contributed by atoms with Crippen molar-refractivity contribution < 1.29 is 0 Å². The Bertz CT molecular complexity index is 235. The van der Waals surface area contributed by atoms with Crippen molar-refractivity contribution in [3.05, 3.63) is 34.9 Å². The van der Waals surface area contributed by atoms with Gasteiger partial charge in [0.1, 0.15) is 0 Å². The Morgan fingerprint density at radius 2 is 2.09 bits per heavy atom.